The third-order valence-electron chi connectivity index (χ3n) is 2.87. The third-order valence-corrected chi connectivity index (χ3v) is 2.87. The van der Waals surface area contributed by atoms with Crippen molar-refractivity contribution >= 4 is 11.8 Å². The van der Waals surface area contributed by atoms with E-state index in [1.807, 2.05) is 0 Å². The highest BCUT2D eigenvalue weighted by atomic mass is 19.1. The van der Waals surface area contributed by atoms with Crippen molar-refractivity contribution < 1.29 is 19.1 Å². The van der Waals surface area contributed by atoms with Crippen molar-refractivity contribution in [2.24, 2.45) is 0 Å². The summed E-state index contributed by atoms with van der Waals surface area (Å²) in [6.07, 6.45) is 1.91. The first-order chi connectivity index (χ1) is 9.06. The number of carbonyl (C=O) groups is 2. The Bertz CT molecular complexity index is 471. The molecule has 1 aliphatic rings. The van der Waals surface area contributed by atoms with Crippen molar-refractivity contribution in [3.8, 4) is 0 Å². The summed E-state index contributed by atoms with van der Waals surface area (Å²) in [6.45, 7) is 0. The lowest BCUT2D eigenvalue weighted by Gasteiger charge is -2.14. The average molecular weight is 266 g/mol. The van der Waals surface area contributed by atoms with E-state index in [0.717, 1.165) is 12.8 Å². The Hall–Kier alpha value is -1.79. The maximum Gasteiger partial charge on any atom is 0.329 e. The van der Waals surface area contributed by atoms with Crippen LogP contribution in [0.4, 0.5) is 4.39 Å². The van der Waals surface area contributed by atoms with Gasteiger partial charge in [0.2, 0.25) is 0 Å². The van der Waals surface area contributed by atoms with Gasteiger partial charge in [-0.1, -0.05) is 12.1 Å². The normalized spacial score (nSPS) is 16.1. The largest absolute Gasteiger partial charge is 0.480 e. The number of halogens is 1. The van der Waals surface area contributed by atoms with Gasteiger partial charge in [-0.05, 0) is 30.5 Å². The molecule has 0 saturated heterocycles. The minimum absolute atomic E-state index is 0.0450. The summed E-state index contributed by atoms with van der Waals surface area (Å²) < 4.78 is 12.7. The maximum absolute atomic E-state index is 12.7. The molecule has 0 heterocycles. The zero-order valence-corrected chi connectivity index (χ0v) is 10.2. The third kappa shape index (κ3) is 4.11. The molecule has 6 heteroatoms. The molecule has 5 nitrogen and oxygen atoms in total. The number of carboxylic acids is 1. The van der Waals surface area contributed by atoms with Crippen molar-refractivity contribution in [1.82, 2.24) is 10.9 Å². The van der Waals surface area contributed by atoms with Crippen molar-refractivity contribution in [3.05, 3.63) is 35.6 Å². The second-order valence-corrected chi connectivity index (χ2v) is 4.60. The molecule has 3 N–H and O–H groups in total. The lowest BCUT2D eigenvalue weighted by molar-refractivity contribution is -0.143. The molecular formula is C13H15FN2O3. The first kappa shape index (κ1) is 13.6. The molecule has 0 spiro atoms. The molecule has 0 bridgehead atoms. The smallest absolute Gasteiger partial charge is 0.329 e. The Morgan fingerprint density at radius 1 is 1.32 bits per heavy atom. The van der Waals surface area contributed by atoms with Gasteiger partial charge in [0.1, 0.15) is 5.82 Å². The quantitative estimate of drug-likeness (QED) is 0.499. The van der Waals surface area contributed by atoms with E-state index >= 15 is 0 Å². The number of carboxylic acid groups (broad SMARTS) is 1. The molecule has 1 aromatic rings. The number of hydrogen-bond donors (Lipinski definition) is 3. The molecule has 19 heavy (non-hydrogen) atoms. The van der Waals surface area contributed by atoms with Crippen LogP contribution >= 0.6 is 0 Å². The standard InChI is InChI=1S/C13H15FN2O3/c14-9-3-1-8(2-4-9)7-11(17)12(13(18)19)16-15-10-5-6-10/h1-4,10,12,15-16H,5-7H2,(H,18,19). The van der Waals surface area contributed by atoms with Crippen LogP contribution in [0.1, 0.15) is 18.4 Å². The van der Waals surface area contributed by atoms with Crippen molar-refractivity contribution in [3.63, 3.8) is 0 Å². The monoisotopic (exact) mass is 266 g/mol. The van der Waals surface area contributed by atoms with Gasteiger partial charge in [-0.3, -0.25) is 10.2 Å². The lowest BCUT2D eigenvalue weighted by atomic mass is 10.0. The van der Waals surface area contributed by atoms with E-state index in [-0.39, 0.29) is 18.3 Å². The molecule has 0 aliphatic heterocycles. The number of hydrogen-bond acceptors (Lipinski definition) is 4. The molecule has 0 aromatic heterocycles. The summed E-state index contributed by atoms with van der Waals surface area (Å²) in [5.74, 6) is -2.08. The number of rotatable bonds is 7. The van der Waals surface area contributed by atoms with E-state index in [2.05, 4.69) is 10.9 Å². The molecule has 102 valence electrons. The molecule has 1 aromatic carbocycles. The second kappa shape index (κ2) is 5.90. The van der Waals surface area contributed by atoms with Crippen LogP contribution in [-0.4, -0.2) is 28.9 Å². The van der Waals surface area contributed by atoms with Gasteiger partial charge in [0.05, 0.1) is 0 Å². The Morgan fingerprint density at radius 3 is 2.47 bits per heavy atom. The average Bonchev–Trinajstić information content (AvgIpc) is 3.16. The lowest BCUT2D eigenvalue weighted by Crippen LogP contribution is -2.51. The number of aliphatic carboxylic acids is 1. The van der Waals surface area contributed by atoms with Gasteiger partial charge in [-0.25, -0.2) is 14.6 Å². The summed E-state index contributed by atoms with van der Waals surface area (Å²) in [5, 5.41) is 9.02. The highest BCUT2D eigenvalue weighted by molar-refractivity contribution is 6.03. The zero-order valence-electron chi connectivity index (χ0n) is 10.2. The molecule has 1 saturated carbocycles. The van der Waals surface area contributed by atoms with Gasteiger partial charge < -0.3 is 5.11 Å². The van der Waals surface area contributed by atoms with Crippen molar-refractivity contribution in [1.29, 1.82) is 0 Å². The Morgan fingerprint density at radius 2 is 1.95 bits per heavy atom. The van der Waals surface area contributed by atoms with Crippen LogP contribution in [0.15, 0.2) is 24.3 Å². The molecule has 0 radical (unpaired) electrons. The SMILES string of the molecule is O=C(O)C(NNC1CC1)C(=O)Cc1ccc(F)cc1. The van der Waals surface area contributed by atoms with Crippen molar-refractivity contribution in [2.45, 2.75) is 31.3 Å². The van der Waals surface area contributed by atoms with Gasteiger partial charge in [-0.2, -0.15) is 0 Å². The molecule has 2 rings (SSSR count). The number of nitrogens with one attached hydrogen (secondary N) is 2. The van der Waals surface area contributed by atoms with E-state index in [1.165, 1.54) is 24.3 Å². The number of hydrazine groups is 1. The number of ketones is 1. The van der Waals surface area contributed by atoms with E-state index in [4.69, 9.17) is 5.11 Å². The maximum atomic E-state index is 12.7. The van der Waals surface area contributed by atoms with E-state index in [1.54, 1.807) is 0 Å². The summed E-state index contributed by atoms with van der Waals surface area (Å²) in [7, 11) is 0. The first-order valence-corrected chi connectivity index (χ1v) is 6.07. The number of Topliss-reactive ketones (excluding diaryl/α,β-unsaturated/α-hetero) is 1. The second-order valence-electron chi connectivity index (χ2n) is 4.60. The van der Waals surface area contributed by atoms with Gasteiger partial charge in [0, 0.05) is 12.5 Å². The summed E-state index contributed by atoms with van der Waals surface area (Å²) in [4.78, 5) is 22.9. The van der Waals surface area contributed by atoms with Crippen LogP contribution in [0.5, 0.6) is 0 Å². The summed E-state index contributed by atoms with van der Waals surface area (Å²) >= 11 is 0. The van der Waals surface area contributed by atoms with Gasteiger partial charge in [0.15, 0.2) is 11.8 Å². The number of benzene rings is 1. The van der Waals surface area contributed by atoms with Crippen LogP contribution in [0.3, 0.4) is 0 Å². The van der Waals surface area contributed by atoms with E-state index < -0.39 is 17.8 Å². The fourth-order valence-electron chi connectivity index (χ4n) is 1.61. The topological polar surface area (TPSA) is 78.4 Å². The predicted molar refractivity (Wildman–Crippen MR) is 65.8 cm³/mol. The van der Waals surface area contributed by atoms with Gasteiger partial charge in [0.25, 0.3) is 0 Å². The van der Waals surface area contributed by atoms with Crippen LogP contribution in [-0.2, 0) is 16.0 Å². The highest BCUT2D eigenvalue weighted by Crippen LogP contribution is 2.17. The Labute approximate surface area is 109 Å². The fourth-order valence-corrected chi connectivity index (χ4v) is 1.61. The minimum atomic E-state index is -1.29. The van der Waals surface area contributed by atoms with Crippen LogP contribution in [0.25, 0.3) is 0 Å². The van der Waals surface area contributed by atoms with Crippen LogP contribution in [0.2, 0.25) is 0 Å². The summed E-state index contributed by atoms with van der Waals surface area (Å²) in [6, 6.07) is 4.40. The molecule has 0 amide bonds. The van der Waals surface area contributed by atoms with Gasteiger partial charge in [-0.15, -0.1) is 0 Å². The Balaban J connectivity index is 1.93. The number of carbonyl (C=O) groups excluding carboxylic acids is 1. The fraction of sp³-hybridized carbons (Fsp3) is 0.385. The van der Waals surface area contributed by atoms with Crippen molar-refractivity contribution in [2.75, 3.05) is 0 Å². The minimum Gasteiger partial charge on any atom is -0.480 e. The molecule has 1 aliphatic carbocycles. The predicted octanol–water partition coefficient (Wildman–Crippen LogP) is 0.647. The Kier molecular flexibility index (Phi) is 4.24. The molecule has 1 fully saturated rings. The highest BCUT2D eigenvalue weighted by Gasteiger charge is 2.29. The molecular weight excluding hydrogens is 251 g/mol. The first-order valence-electron chi connectivity index (χ1n) is 6.07. The molecule has 1 unspecified atom stereocenters. The summed E-state index contributed by atoms with van der Waals surface area (Å²) in [5.41, 5.74) is 5.93. The van der Waals surface area contributed by atoms with Crippen LogP contribution < -0.4 is 10.9 Å². The zero-order chi connectivity index (χ0) is 13.8. The van der Waals surface area contributed by atoms with Crippen LogP contribution in [0, 0.1) is 5.82 Å². The van der Waals surface area contributed by atoms with E-state index in [9.17, 15) is 14.0 Å². The molecule has 1 atom stereocenters. The van der Waals surface area contributed by atoms with Gasteiger partial charge >= 0.3 is 5.97 Å². The van der Waals surface area contributed by atoms with E-state index in [0.29, 0.717) is 5.56 Å².